The Hall–Kier alpha value is -2.64. The van der Waals surface area contributed by atoms with Gasteiger partial charge in [0.05, 0.1) is 17.3 Å². The molecule has 0 spiro atoms. The molecule has 0 fully saturated rings. The van der Waals surface area contributed by atoms with Gasteiger partial charge in [0.1, 0.15) is 24.8 Å². The molecule has 6 nitrogen and oxygen atoms in total. The summed E-state index contributed by atoms with van der Waals surface area (Å²) < 4.78 is 12.2. The quantitative estimate of drug-likeness (QED) is 0.718. The Labute approximate surface area is 155 Å². The van der Waals surface area contributed by atoms with Gasteiger partial charge in [0.25, 0.3) is 5.91 Å². The topological polar surface area (TPSA) is 64.9 Å². The molecule has 3 aromatic rings. The van der Waals surface area contributed by atoms with Gasteiger partial charge in [0.15, 0.2) is 18.0 Å². The van der Waals surface area contributed by atoms with E-state index in [0.29, 0.717) is 43.5 Å². The number of aromatic nitrogens is 1. The maximum absolute atomic E-state index is 12.3. The summed E-state index contributed by atoms with van der Waals surface area (Å²) in [6.45, 7) is 2.16. The van der Waals surface area contributed by atoms with E-state index in [0.717, 1.165) is 15.4 Å². The van der Waals surface area contributed by atoms with Crippen molar-refractivity contribution >= 4 is 33.1 Å². The molecule has 7 heteroatoms. The monoisotopic (exact) mass is 370 g/mol. The first-order valence-electron chi connectivity index (χ1n) is 8.52. The molecule has 0 saturated heterocycles. The van der Waals surface area contributed by atoms with Crippen molar-refractivity contribution in [3.63, 3.8) is 0 Å². The van der Waals surface area contributed by atoms with Crippen LogP contribution in [0.5, 0.6) is 11.5 Å². The Morgan fingerprint density at radius 3 is 2.85 bits per heavy atom. The Bertz CT molecular complexity index is 908. The normalized spacial score (nSPS) is 14.2. The highest BCUT2D eigenvalue weighted by Gasteiger charge is 2.16. The van der Waals surface area contributed by atoms with Crippen LogP contribution in [0.1, 0.15) is 5.01 Å². The van der Waals surface area contributed by atoms with E-state index in [-0.39, 0.29) is 5.91 Å². The lowest BCUT2D eigenvalue weighted by molar-refractivity contribution is -0.885. The third kappa shape index (κ3) is 3.79. The van der Waals surface area contributed by atoms with E-state index in [2.05, 4.69) is 16.4 Å². The summed E-state index contributed by atoms with van der Waals surface area (Å²) in [7, 11) is 2.00. The van der Waals surface area contributed by atoms with Crippen LogP contribution in [0, 0.1) is 0 Å². The lowest BCUT2D eigenvalue weighted by atomic mass is 10.2. The highest BCUT2D eigenvalue weighted by Crippen LogP contribution is 2.32. The Morgan fingerprint density at radius 2 is 2.00 bits per heavy atom. The Kier molecular flexibility index (Phi) is 4.73. The molecule has 26 heavy (non-hydrogen) atoms. The van der Waals surface area contributed by atoms with Gasteiger partial charge in [-0.1, -0.05) is 12.1 Å². The number of rotatable bonds is 5. The van der Waals surface area contributed by atoms with E-state index in [1.54, 1.807) is 17.4 Å². The van der Waals surface area contributed by atoms with E-state index < -0.39 is 0 Å². The molecule has 1 aromatic heterocycles. The van der Waals surface area contributed by atoms with Gasteiger partial charge < -0.3 is 19.7 Å². The number of thiazole rings is 1. The second-order valence-electron chi connectivity index (χ2n) is 6.29. The lowest BCUT2D eigenvalue weighted by Gasteiger charge is -2.19. The first-order valence-corrected chi connectivity index (χ1v) is 9.34. The summed E-state index contributed by atoms with van der Waals surface area (Å²) in [5.41, 5.74) is 1.73. The molecule has 2 aromatic carbocycles. The van der Waals surface area contributed by atoms with E-state index in [9.17, 15) is 4.79 Å². The fraction of sp³-hybridized carbons (Fsp3) is 0.263. The molecule has 0 saturated carbocycles. The molecule has 1 unspecified atom stereocenters. The number of anilines is 1. The second-order valence-corrected chi connectivity index (χ2v) is 7.41. The minimum Gasteiger partial charge on any atom is -0.486 e. The summed E-state index contributed by atoms with van der Waals surface area (Å²) in [4.78, 5) is 18.0. The maximum Gasteiger partial charge on any atom is 0.279 e. The zero-order valence-corrected chi connectivity index (χ0v) is 15.3. The number of nitrogens with zero attached hydrogens (tertiary/aromatic N) is 1. The summed E-state index contributed by atoms with van der Waals surface area (Å²) in [5, 5.41) is 3.96. The summed E-state index contributed by atoms with van der Waals surface area (Å²) in [6.07, 6.45) is 0. The average molecular weight is 370 g/mol. The number of carbonyl (C=O) groups excluding carboxylic acids is 1. The van der Waals surface area contributed by atoms with Gasteiger partial charge in [-0.05, 0) is 24.3 Å². The molecular formula is C19H20N3O3S+. The number of amides is 1. The number of ether oxygens (including phenoxy) is 2. The minimum atomic E-state index is -0.0414. The molecule has 1 aliphatic heterocycles. The zero-order valence-electron chi connectivity index (χ0n) is 14.5. The van der Waals surface area contributed by atoms with Crippen LogP contribution in [0.15, 0.2) is 42.5 Å². The SMILES string of the molecule is C[NH+](CC(=O)Nc1ccc2c(c1)OCCO2)Cc1nc2ccccc2s1. The molecule has 0 radical (unpaired) electrons. The van der Waals surface area contributed by atoms with Gasteiger partial charge in [-0.15, -0.1) is 11.3 Å². The van der Waals surface area contributed by atoms with Crippen molar-refractivity contribution in [3.8, 4) is 11.5 Å². The van der Waals surface area contributed by atoms with Crippen LogP contribution in [-0.2, 0) is 11.3 Å². The fourth-order valence-corrected chi connectivity index (χ4v) is 4.00. The molecule has 1 amide bonds. The Balaban J connectivity index is 1.35. The van der Waals surface area contributed by atoms with Crippen molar-refractivity contribution in [1.82, 2.24) is 4.98 Å². The van der Waals surface area contributed by atoms with Crippen molar-refractivity contribution in [1.29, 1.82) is 0 Å². The summed E-state index contributed by atoms with van der Waals surface area (Å²) >= 11 is 1.68. The molecule has 1 atom stereocenters. The second kappa shape index (κ2) is 7.31. The van der Waals surface area contributed by atoms with Crippen LogP contribution in [-0.4, -0.2) is 37.7 Å². The van der Waals surface area contributed by atoms with Crippen LogP contribution < -0.4 is 19.7 Å². The molecule has 2 N–H and O–H groups in total. The van der Waals surface area contributed by atoms with Gasteiger partial charge in [-0.25, -0.2) is 4.98 Å². The first kappa shape index (κ1) is 16.8. The number of fused-ring (bicyclic) bond motifs is 2. The summed E-state index contributed by atoms with van der Waals surface area (Å²) in [5.74, 6) is 1.34. The molecule has 2 heterocycles. The van der Waals surface area contributed by atoms with Gasteiger partial charge in [-0.3, -0.25) is 4.79 Å². The third-order valence-corrected chi connectivity index (χ3v) is 5.12. The van der Waals surface area contributed by atoms with Gasteiger partial charge >= 0.3 is 0 Å². The van der Waals surface area contributed by atoms with Crippen LogP contribution in [0.4, 0.5) is 5.69 Å². The number of hydrogen-bond acceptors (Lipinski definition) is 5. The standard InChI is InChI=1S/C19H19N3O3S/c1-22(12-19-21-14-4-2-3-5-17(14)26-19)11-18(23)20-13-6-7-15-16(10-13)25-9-8-24-15/h2-7,10H,8-9,11-12H2,1H3,(H,20,23)/p+1. The predicted molar refractivity (Wildman–Crippen MR) is 101 cm³/mol. The Morgan fingerprint density at radius 1 is 1.19 bits per heavy atom. The maximum atomic E-state index is 12.3. The third-order valence-electron chi connectivity index (χ3n) is 4.08. The van der Waals surface area contributed by atoms with Crippen molar-refractivity contribution in [3.05, 3.63) is 47.5 Å². The minimum absolute atomic E-state index is 0.0414. The van der Waals surface area contributed by atoms with Crippen molar-refractivity contribution in [2.45, 2.75) is 6.54 Å². The zero-order chi connectivity index (χ0) is 17.9. The van der Waals surface area contributed by atoms with E-state index >= 15 is 0 Å². The van der Waals surface area contributed by atoms with E-state index in [1.165, 1.54) is 4.70 Å². The van der Waals surface area contributed by atoms with Gasteiger partial charge in [-0.2, -0.15) is 0 Å². The smallest absolute Gasteiger partial charge is 0.279 e. The van der Waals surface area contributed by atoms with E-state index in [4.69, 9.17) is 9.47 Å². The molecule has 0 aliphatic carbocycles. The van der Waals surface area contributed by atoms with Crippen LogP contribution in [0.3, 0.4) is 0 Å². The number of benzene rings is 2. The predicted octanol–water partition coefficient (Wildman–Crippen LogP) is 1.72. The molecular weight excluding hydrogens is 350 g/mol. The lowest BCUT2D eigenvalue weighted by Crippen LogP contribution is -3.08. The van der Waals surface area contributed by atoms with E-state index in [1.807, 2.05) is 37.4 Å². The fourth-order valence-electron chi connectivity index (χ4n) is 2.92. The van der Waals surface area contributed by atoms with Crippen LogP contribution in [0.25, 0.3) is 10.2 Å². The van der Waals surface area contributed by atoms with Gasteiger partial charge in [0.2, 0.25) is 0 Å². The van der Waals surface area contributed by atoms with Crippen molar-refractivity contribution in [2.24, 2.45) is 0 Å². The first-order chi connectivity index (χ1) is 12.7. The molecule has 4 rings (SSSR count). The number of hydrogen-bond donors (Lipinski definition) is 2. The molecule has 0 bridgehead atoms. The highest BCUT2D eigenvalue weighted by atomic mass is 32.1. The molecule has 134 valence electrons. The van der Waals surface area contributed by atoms with Gasteiger partial charge in [0, 0.05) is 11.8 Å². The summed E-state index contributed by atoms with van der Waals surface area (Å²) in [6, 6.07) is 13.5. The largest absolute Gasteiger partial charge is 0.486 e. The highest BCUT2D eigenvalue weighted by molar-refractivity contribution is 7.18. The number of carbonyl (C=O) groups is 1. The number of quaternary nitrogens is 1. The van der Waals surface area contributed by atoms with Crippen molar-refractivity contribution < 1.29 is 19.2 Å². The molecule has 1 aliphatic rings. The average Bonchev–Trinajstić information content (AvgIpc) is 3.03. The number of nitrogens with one attached hydrogen (secondary N) is 2. The van der Waals surface area contributed by atoms with Crippen molar-refractivity contribution in [2.75, 3.05) is 32.1 Å². The van der Waals surface area contributed by atoms with Crippen LogP contribution in [0.2, 0.25) is 0 Å². The van der Waals surface area contributed by atoms with Crippen LogP contribution >= 0.6 is 11.3 Å². The number of para-hydroxylation sites is 1. The number of likely N-dealkylation sites (N-methyl/N-ethyl adjacent to an activating group) is 1.